The van der Waals surface area contributed by atoms with Gasteiger partial charge in [0.1, 0.15) is 16.5 Å². The Balaban J connectivity index is 1.65. The lowest BCUT2D eigenvalue weighted by molar-refractivity contribution is -0.274. The molecule has 1 atom stereocenters. The van der Waals surface area contributed by atoms with Gasteiger partial charge >= 0.3 is 18.4 Å². The molecule has 0 aliphatic heterocycles. The zero-order chi connectivity index (χ0) is 32.2. The molecule has 1 fully saturated rings. The molecule has 1 heterocycles. The Hall–Kier alpha value is -3.55. The van der Waals surface area contributed by atoms with E-state index in [9.17, 15) is 32.7 Å². The molecule has 3 N–H and O–H groups in total. The summed E-state index contributed by atoms with van der Waals surface area (Å²) in [4.78, 5) is 39.8. The fourth-order valence-corrected chi connectivity index (χ4v) is 7.04. The number of alkyl halides is 3. The number of carboxylic acids is 1. The number of nitrogens with one attached hydrogen (secondary N) is 2. The molecule has 14 heteroatoms. The third kappa shape index (κ3) is 8.13. The number of amides is 2. The number of Topliss-reactive ketones (excluding diaryl/α,β-unsaturated/α-hetero) is 1. The summed E-state index contributed by atoms with van der Waals surface area (Å²) in [5, 5.41) is 15.0. The molecule has 1 aromatic heterocycles. The minimum absolute atomic E-state index is 0.00552. The Morgan fingerprint density at radius 2 is 1.73 bits per heavy atom. The Morgan fingerprint density at radius 3 is 2.30 bits per heavy atom. The highest BCUT2D eigenvalue weighted by molar-refractivity contribution is 9.10. The Morgan fingerprint density at radius 1 is 1.07 bits per heavy atom. The molecule has 4 rings (SSSR count). The first-order valence-corrected chi connectivity index (χ1v) is 15.3. The third-order valence-corrected chi connectivity index (χ3v) is 9.14. The number of urea groups is 1. The van der Waals surface area contributed by atoms with Gasteiger partial charge in [0.25, 0.3) is 0 Å². The minimum atomic E-state index is -4.95. The lowest BCUT2D eigenvalue weighted by atomic mass is 9.75. The third-order valence-electron chi connectivity index (χ3n) is 7.12. The largest absolute Gasteiger partial charge is 0.573 e. The summed E-state index contributed by atoms with van der Waals surface area (Å²) in [5.41, 5.74) is 0.614. The first kappa shape index (κ1) is 33.3. The number of benzene rings is 2. The highest BCUT2D eigenvalue weighted by atomic mass is 79.9. The van der Waals surface area contributed by atoms with Crippen LogP contribution in [0.5, 0.6) is 11.5 Å². The lowest BCUT2D eigenvalue weighted by Gasteiger charge is -2.28. The van der Waals surface area contributed by atoms with Gasteiger partial charge in [0.15, 0.2) is 5.78 Å². The molecule has 1 aliphatic carbocycles. The summed E-state index contributed by atoms with van der Waals surface area (Å²) >= 11 is 10.3. The number of carboxylic acid groups (broad SMARTS) is 1. The topological polar surface area (TPSA) is 114 Å². The van der Waals surface area contributed by atoms with Crippen LogP contribution in [0.2, 0.25) is 5.02 Å². The maximum atomic E-state index is 13.8. The first-order chi connectivity index (χ1) is 20.8. The minimum Gasteiger partial charge on any atom is -0.497 e. The van der Waals surface area contributed by atoms with Crippen molar-refractivity contribution in [2.75, 3.05) is 17.7 Å². The second-order valence-corrected chi connectivity index (χ2v) is 12.4. The predicted octanol–water partition coefficient (Wildman–Crippen LogP) is 9.40. The molecule has 234 valence electrons. The van der Waals surface area contributed by atoms with Gasteiger partial charge in [0.2, 0.25) is 0 Å². The van der Waals surface area contributed by atoms with Crippen molar-refractivity contribution in [1.29, 1.82) is 0 Å². The van der Waals surface area contributed by atoms with Gasteiger partial charge in [-0.15, -0.1) is 24.5 Å². The summed E-state index contributed by atoms with van der Waals surface area (Å²) in [6.07, 6.45) is -0.880. The number of anilines is 2. The van der Waals surface area contributed by atoms with Crippen molar-refractivity contribution in [3.05, 3.63) is 69.7 Å². The van der Waals surface area contributed by atoms with Gasteiger partial charge in [0, 0.05) is 21.0 Å². The quantitative estimate of drug-likeness (QED) is 0.142. The van der Waals surface area contributed by atoms with Gasteiger partial charge in [0.05, 0.1) is 29.3 Å². The average Bonchev–Trinajstić information content (AvgIpc) is 3.37. The standard InChI is InChI=1S/C30H27BrClF3N2O6S/c1-15(24(28(39)40)17-6-4-3-5-7-17)26(38)20-14-23(16-8-10-18(42-2)11-9-16)44-27(20)37-29(41)36-25-21(31)12-19(13-22(25)32)43-30(33,34)35/h8-14,17,24H,1,3-7H2,2H3,(H,39,40)(H2,36,37,41)/t24-/m0/s1. The number of ether oxygens (including phenoxy) is 2. The molecule has 3 aromatic rings. The summed E-state index contributed by atoms with van der Waals surface area (Å²) in [6.45, 7) is 3.89. The first-order valence-electron chi connectivity index (χ1n) is 13.3. The van der Waals surface area contributed by atoms with Crippen LogP contribution in [0.3, 0.4) is 0 Å². The Bertz CT molecular complexity index is 1550. The van der Waals surface area contributed by atoms with Crippen molar-refractivity contribution in [1.82, 2.24) is 0 Å². The van der Waals surface area contributed by atoms with Gasteiger partial charge in [-0.05, 0) is 76.7 Å². The van der Waals surface area contributed by atoms with E-state index in [2.05, 4.69) is 37.9 Å². The van der Waals surface area contributed by atoms with E-state index in [1.807, 2.05) is 0 Å². The number of rotatable bonds is 10. The molecule has 0 spiro atoms. The molecule has 2 aromatic carbocycles. The number of thiophene rings is 1. The van der Waals surface area contributed by atoms with Crippen molar-refractivity contribution in [3.63, 3.8) is 0 Å². The van der Waals surface area contributed by atoms with Crippen LogP contribution in [0.1, 0.15) is 42.5 Å². The highest BCUT2D eigenvalue weighted by Crippen LogP contribution is 2.41. The number of carbonyl (C=O) groups is 3. The van der Waals surface area contributed by atoms with Crippen LogP contribution in [-0.4, -0.2) is 36.4 Å². The number of ketones is 1. The monoisotopic (exact) mass is 714 g/mol. The molecular weight excluding hydrogens is 689 g/mol. The Kier molecular flexibility index (Phi) is 10.6. The molecule has 0 unspecified atom stereocenters. The van der Waals surface area contributed by atoms with Crippen molar-refractivity contribution in [2.24, 2.45) is 11.8 Å². The number of carbonyl (C=O) groups excluding carboxylic acids is 2. The summed E-state index contributed by atoms with van der Waals surface area (Å²) in [7, 11) is 1.52. The number of halogens is 5. The molecule has 8 nitrogen and oxygen atoms in total. The van der Waals surface area contributed by atoms with E-state index in [0.29, 0.717) is 29.0 Å². The van der Waals surface area contributed by atoms with E-state index >= 15 is 0 Å². The number of hydrogen-bond donors (Lipinski definition) is 3. The van der Waals surface area contributed by atoms with E-state index < -0.39 is 35.8 Å². The normalized spacial score (nSPS) is 14.4. The van der Waals surface area contributed by atoms with Crippen LogP contribution in [-0.2, 0) is 4.79 Å². The van der Waals surface area contributed by atoms with E-state index in [0.717, 1.165) is 42.7 Å². The maximum absolute atomic E-state index is 13.8. The smallest absolute Gasteiger partial charge is 0.497 e. The SMILES string of the molecule is C=C(C(=O)c1cc(-c2ccc(OC)cc2)sc1NC(=O)Nc1c(Cl)cc(OC(F)(F)F)cc1Br)[C@H](C(=O)O)C1CCCCC1. The van der Waals surface area contributed by atoms with Crippen molar-refractivity contribution >= 4 is 67.3 Å². The Labute approximate surface area is 268 Å². The fourth-order valence-electron chi connectivity index (χ4n) is 5.08. The fraction of sp³-hybridized carbons (Fsp3) is 0.300. The van der Waals surface area contributed by atoms with Crippen LogP contribution in [0.4, 0.5) is 28.7 Å². The van der Waals surface area contributed by atoms with E-state index in [4.69, 9.17) is 16.3 Å². The van der Waals surface area contributed by atoms with Crippen molar-refractivity contribution < 1.29 is 42.1 Å². The zero-order valence-corrected chi connectivity index (χ0v) is 26.4. The van der Waals surface area contributed by atoms with Crippen LogP contribution >= 0.6 is 38.9 Å². The molecule has 1 aliphatic rings. The number of methoxy groups -OCH3 is 1. The van der Waals surface area contributed by atoms with E-state index in [1.165, 1.54) is 7.11 Å². The van der Waals surface area contributed by atoms with Crippen LogP contribution in [0.15, 0.2) is 59.1 Å². The number of aliphatic carboxylic acids is 1. The van der Waals surface area contributed by atoms with Crippen LogP contribution < -0.4 is 20.1 Å². The molecule has 0 saturated heterocycles. The maximum Gasteiger partial charge on any atom is 0.573 e. The molecule has 0 bridgehead atoms. The van der Waals surface area contributed by atoms with Crippen molar-refractivity contribution in [3.8, 4) is 21.9 Å². The van der Waals surface area contributed by atoms with Gasteiger partial charge < -0.3 is 19.9 Å². The summed E-state index contributed by atoms with van der Waals surface area (Å²) < 4.78 is 47.0. The average molecular weight is 716 g/mol. The highest BCUT2D eigenvalue weighted by Gasteiger charge is 2.36. The summed E-state index contributed by atoms with van der Waals surface area (Å²) in [5.74, 6) is -3.06. The second kappa shape index (κ2) is 14.0. The second-order valence-electron chi connectivity index (χ2n) is 10.0. The lowest BCUT2D eigenvalue weighted by Crippen LogP contribution is -2.30. The molecule has 2 amide bonds. The van der Waals surface area contributed by atoms with Gasteiger partial charge in [-0.25, -0.2) is 4.79 Å². The predicted molar refractivity (Wildman–Crippen MR) is 166 cm³/mol. The van der Waals surface area contributed by atoms with Gasteiger partial charge in [-0.3, -0.25) is 14.9 Å². The van der Waals surface area contributed by atoms with Gasteiger partial charge in [-0.1, -0.05) is 37.4 Å². The van der Waals surface area contributed by atoms with Crippen LogP contribution in [0, 0.1) is 11.8 Å². The molecule has 0 radical (unpaired) electrons. The van der Waals surface area contributed by atoms with Gasteiger partial charge in [-0.2, -0.15) is 0 Å². The van der Waals surface area contributed by atoms with E-state index in [1.54, 1.807) is 30.3 Å². The summed E-state index contributed by atoms with van der Waals surface area (Å²) in [6, 6.07) is 9.55. The van der Waals surface area contributed by atoms with Crippen LogP contribution in [0.25, 0.3) is 10.4 Å². The molecular formula is C30H27BrClF3N2O6S. The molecule has 1 saturated carbocycles. The van der Waals surface area contributed by atoms with E-state index in [-0.39, 0.29) is 37.2 Å². The number of hydrogen-bond acceptors (Lipinski definition) is 6. The zero-order valence-electron chi connectivity index (χ0n) is 23.2. The molecule has 44 heavy (non-hydrogen) atoms. The van der Waals surface area contributed by atoms with Crippen molar-refractivity contribution in [2.45, 2.75) is 38.5 Å².